The van der Waals surface area contributed by atoms with E-state index >= 15 is 0 Å². The summed E-state index contributed by atoms with van der Waals surface area (Å²) in [6.45, 7) is 1.56. The second-order valence-electron chi connectivity index (χ2n) is 9.24. The fraction of sp³-hybridized carbons (Fsp3) is 0.417. The van der Waals surface area contributed by atoms with Crippen LogP contribution in [0.25, 0.3) is 22.1 Å². The van der Waals surface area contributed by atoms with Gasteiger partial charge in [0.1, 0.15) is 17.9 Å². The van der Waals surface area contributed by atoms with Gasteiger partial charge in [-0.15, -0.1) is 0 Å². The molecule has 5 atom stereocenters. The highest BCUT2D eigenvalue weighted by Gasteiger charge is 2.42. The highest BCUT2D eigenvalue weighted by Crippen LogP contribution is 2.37. The summed E-state index contributed by atoms with van der Waals surface area (Å²) in [5, 5.41) is 34.9. The van der Waals surface area contributed by atoms with Crippen LogP contribution in [0.1, 0.15) is 18.9 Å². The van der Waals surface area contributed by atoms with E-state index in [0.717, 1.165) is 36.1 Å². The van der Waals surface area contributed by atoms with Gasteiger partial charge in [0.25, 0.3) is 0 Å². The molecule has 1 aliphatic carbocycles. The lowest BCUT2D eigenvalue weighted by Crippen LogP contribution is -2.30. The third-order valence-corrected chi connectivity index (χ3v) is 7.19. The smallest absolute Gasteiger partial charge is 0.165 e. The summed E-state index contributed by atoms with van der Waals surface area (Å²) < 4.78 is 1.79. The molecule has 4 aromatic rings. The van der Waals surface area contributed by atoms with Crippen molar-refractivity contribution in [2.45, 2.75) is 37.1 Å². The Morgan fingerprint density at radius 3 is 2.79 bits per heavy atom. The zero-order valence-corrected chi connectivity index (χ0v) is 18.6. The topological polar surface area (TPSA) is 132 Å². The fourth-order valence-corrected chi connectivity index (χ4v) is 5.29. The van der Waals surface area contributed by atoms with Gasteiger partial charge in [-0.2, -0.15) is 0 Å². The monoisotopic (exact) mass is 461 g/mol. The lowest BCUT2D eigenvalue weighted by atomic mass is 10.1. The minimum absolute atomic E-state index is 0.173. The summed E-state index contributed by atoms with van der Waals surface area (Å²) in [5.74, 6) is 0.282. The molecule has 0 spiro atoms. The molecule has 10 heteroatoms. The van der Waals surface area contributed by atoms with E-state index in [9.17, 15) is 15.3 Å². The van der Waals surface area contributed by atoms with Gasteiger partial charge in [-0.05, 0) is 25.0 Å². The normalized spacial score (nSPS) is 27.1. The quantitative estimate of drug-likeness (QED) is 0.347. The maximum absolute atomic E-state index is 10.5. The van der Waals surface area contributed by atoms with E-state index < -0.39 is 18.2 Å². The van der Waals surface area contributed by atoms with Crippen LogP contribution in [0, 0.1) is 5.92 Å². The summed E-state index contributed by atoms with van der Waals surface area (Å²) in [7, 11) is 0. The molecule has 3 aromatic heterocycles. The van der Waals surface area contributed by atoms with Crippen LogP contribution in [0.2, 0.25) is 0 Å². The lowest BCUT2D eigenvalue weighted by molar-refractivity contribution is -0.00370. The Kier molecular flexibility index (Phi) is 5.28. The largest absolute Gasteiger partial charge is 0.396 e. The summed E-state index contributed by atoms with van der Waals surface area (Å²) in [6, 6.07) is 10.1. The number of para-hydroxylation sites is 1. The molecule has 0 bridgehead atoms. The van der Waals surface area contributed by atoms with Crippen molar-refractivity contribution in [3.63, 3.8) is 0 Å². The number of nitrogens with zero attached hydrogens (tertiary/aromatic N) is 6. The number of nitrogens with one attached hydrogen (secondary N) is 1. The van der Waals surface area contributed by atoms with Gasteiger partial charge in [-0.3, -0.25) is 4.98 Å². The van der Waals surface area contributed by atoms with Gasteiger partial charge in [-0.25, -0.2) is 15.0 Å². The minimum Gasteiger partial charge on any atom is -0.396 e. The van der Waals surface area contributed by atoms with Crippen molar-refractivity contribution in [1.82, 2.24) is 24.5 Å². The summed E-state index contributed by atoms with van der Waals surface area (Å²) in [6.07, 6.45) is 4.49. The number of aliphatic hydroxyl groups excluding tert-OH is 3. The molecule has 10 nitrogen and oxygen atoms in total. The molecule has 2 fully saturated rings. The number of rotatable bonds is 5. The van der Waals surface area contributed by atoms with E-state index in [4.69, 9.17) is 0 Å². The number of hydrogen-bond donors (Lipinski definition) is 4. The Morgan fingerprint density at radius 1 is 1.06 bits per heavy atom. The summed E-state index contributed by atoms with van der Waals surface area (Å²) in [4.78, 5) is 20.3. The zero-order valence-electron chi connectivity index (χ0n) is 18.6. The molecule has 2 aliphatic rings. The van der Waals surface area contributed by atoms with Crippen LogP contribution in [0.15, 0.2) is 49.2 Å². The Bertz CT molecular complexity index is 1330. The van der Waals surface area contributed by atoms with Crippen LogP contribution in [-0.2, 0) is 0 Å². The first-order valence-electron chi connectivity index (χ1n) is 11.6. The molecule has 4 heterocycles. The van der Waals surface area contributed by atoms with E-state index in [-0.39, 0.29) is 18.6 Å². The molecular weight excluding hydrogens is 434 g/mol. The predicted molar refractivity (Wildman–Crippen MR) is 128 cm³/mol. The molecular formula is C24H27N7O3. The van der Waals surface area contributed by atoms with Crippen molar-refractivity contribution >= 4 is 33.6 Å². The van der Waals surface area contributed by atoms with Crippen LogP contribution in [0.3, 0.4) is 0 Å². The zero-order chi connectivity index (χ0) is 23.2. The van der Waals surface area contributed by atoms with E-state index in [0.29, 0.717) is 23.4 Å². The number of hydrogen-bond acceptors (Lipinski definition) is 9. The molecule has 0 radical (unpaired) electrons. The molecule has 34 heavy (non-hydrogen) atoms. The molecule has 0 unspecified atom stereocenters. The summed E-state index contributed by atoms with van der Waals surface area (Å²) >= 11 is 0. The minimum atomic E-state index is -0.986. The maximum atomic E-state index is 10.5. The number of anilines is 2. The van der Waals surface area contributed by atoms with Crippen LogP contribution in [0.4, 0.5) is 11.5 Å². The second kappa shape index (κ2) is 8.46. The van der Waals surface area contributed by atoms with Crippen LogP contribution in [-0.4, -0.2) is 77.8 Å². The standard InChI is InChI=1S/C24H27N7O3/c32-11-15-8-19(22(34)21(15)33)31-13-28-20-23(26-12-27-24(20)31)29-16-5-6-30(10-16)17-7-14-3-1-2-4-18(14)25-9-17/h1-4,7,9,12-13,15-16,19,21-22,32-34H,5-6,8,10-11H2,(H,26,27,29)/t15-,16+,19-,21-,22+/m1/s1. The third-order valence-electron chi connectivity index (χ3n) is 7.19. The number of imidazole rings is 1. The number of aromatic nitrogens is 5. The number of benzene rings is 1. The SMILES string of the molecule is OC[C@H]1C[C@@H](n2cnc3c(N[C@H]4CCN(c5cnc6ccccc6c5)C4)ncnc32)[C@H](O)[C@@H]1O. The Hall–Kier alpha value is -3.34. The average Bonchev–Trinajstić information content (AvgIpc) is 3.58. The predicted octanol–water partition coefficient (Wildman–Crippen LogP) is 1.34. The fourth-order valence-electron chi connectivity index (χ4n) is 5.29. The first kappa shape index (κ1) is 21.2. The average molecular weight is 462 g/mol. The highest BCUT2D eigenvalue weighted by atomic mass is 16.3. The van der Waals surface area contributed by atoms with Crippen LogP contribution < -0.4 is 10.2 Å². The molecule has 0 amide bonds. The van der Waals surface area contributed by atoms with Gasteiger partial charge in [0.05, 0.1) is 35.9 Å². The highest BCUT2D eigenvalue weighted by molar-refractivity contribution is 5.83. The van der Waals surface area contributed by atoms with Crippen molar-refractivity contribution < 1.29 is 15.3 Å². The van der Waals surface area contributed by atoms with Crippen LogP contribution in [0.5, 0.6) is 0 Å². The maximum Gasteiger partial charge on any atom is 0.165 e. The van der Waals surface area contributed by atoms with Crippen molar-refractivity contribution in [2.24, 2.45) is 5.92 Å². The molecule has 1 aliphatic heterocycles. The van der Waals surface area contributed by atoms with E-state index in [1.807, 2.05) is 24.4 Å². The van der Waals surface area contributed by atoms with Crippen molar-refractivity contribution in [3.05, 3.63) is 49.2 Å². The van der Waals surface area contributed by atoms with Crippen LogP contribution >= 0.6 is 0 Å². The number of aliphatic hydroxyl groups is 3. The Morgan fingerprint density at radius 2 is 1.94 bits per heavy atom. The molecule has 176 valence electrons. The molecule has 4 N–H and O–H groups in total. The van der Waals surface area contributed by atoms with Gasteiger partial charge in [0.15, 0.2) is 11.5 Å². The van der Waals surface area contributed by atoms with Gasteiger partial charge in [0, 0.05) is 37.0 Å². The Balaban J connectivity index is 1.21. The van der Waals surface area contributed by atoms with Gasteiger partial charge in [0.2, 0.25) is 0 Å². The summed E-state index contributed by atoms with van der Waals surface area (Å²) in [5.41, 5.74) is 3.32. The first-order chi connectivity index (χ1) is 16.6. The lowest BCUT2D eigenvalue weighted by Gasteiger charge is -2.20. The molecule has 1 saturated heterocycles. The van der Waals surface area contributed by atoms with Gasteiger partial charge >= 0.3 is 0 Å². The third kappa shape index (κ3) is 3.54. The van der Waals surface area contributed by atoms with Gasteiger partial charge in [-0.1, -0.05) is 18.2 Å². The van der Waals surface area contributed by atoms with Crippen molar-refractivity contribution in [1.29, 1.82) is 0 Å². The van der Waals surface area contributed by atoms with Crippen molar-refractivity contribution in [3.8, 4) is 0 Å². The Labute approximate surface area is 195 Å². The molecule has 1 aromatic carbocycles. The van der Waals surface area contributed by atoms with E-state index in [2.05, 4.69) is 42.3 Å². The van der Waals surface area contributed by atoms with Gasteiger partial charge < -0.3 is 30.1 Å². The number of fused-ring (bicyclic) bond motifs is 2. The first-order valence-corrected chi connectivity index (χ1v) is 11.6. The van der Waals surface area contributed by atoms with E-state index in [1.54, 1.807) is 10.9 Å². The van der Waals surface area contributed by atoms with Crippen molar-refractivity contribution in [2.75, 3.05) is 29.9 Å². The molecule has 1 saturated carbocycles. The second-order valence-corrected chi connectivity index (χ2v) is 9.24. The van der Waals surface area contributed by atoms with E-state index in [1.165, 1.54) is 6.33 Å². The number of pyridine rings is 1. The molecule has 6 rings (SSSR count).